The third kappa shape index (κ3) is 3.45. The topological polar surface area (TPSA) is 49.3 Å². The minimum Gasteiger partial charge on any atom is -0.478 e. The predicted molar refractivity (Wildman–Crippen MR) is 69.6 cm³/mol. The Hall–Kier alpha value is -1.16. The van der Waals surface area contributed by atoms with Crippen molar-refractivity contribution in [2.75, 3.05) is 23.9 Å². The van der Waals surface area contributed by atoms with Crippen LogP contribution in [0.5, 0.6) is 0 Å². The first-order chi connectivity index (χ1) is 7.66. The number of hydrogen-bond donors (Lipinski definition) is 2. The third-order valence-electron chi connectivity index (χ3n) is 2.40. The van der Waals surface area contributed by atoms with Crippen molar-refractivity contribution in [3.05, 3.63) is 29.3 Å². The highest BCUT2D eigenvalue weighted by Gasteiger charge is 2.09. The van der Waals surface area contributed by atoms with E-state index in [1.165, 1.54) is 0 Å². The second-order valence-electron chi connectivity index (χ2n) is 3.56. The Balaban J connectivity index is 2.66. The highest BCUT2D eigenvalue weighted by molar-refractivity contribution is 7.98. The fourth-order valence-electron chi connectivity index (χ4n) is 1.50. The van der Waals surface area contributed by atoms with Gasteiger partial charge in [-0.05, 0) is 43.0 Å². The van der Waals surface area contributed by atoms with Crippen LogP contribution in [0.15, 0.2) is 18.2 Å². The van der Waals surface area contributed by atoms with Crippen LogP contribution in [0.3, 0.4) is 0 Å². The standard InChI is InChI=1S/C12H17NO2S/c1-9-10(12(14)15)5-3-6-11(9)13-7-4-8-16-2/h3,5-6,13H,4,7-8H2,1-2H3,(H,14,15). The van der Waals surface area contributed by atoms with Crippen LogP contribution in [-0.2, 0) is 0 Å². The van der Waals surface area contributed by atoms with Gasteiger partial charge in [0.1, 0.15) is 0 Å². The molecular weight excluding hydrogens is 222 g/mol. The van der Waals surface area contributed by atoms with Gasteiger partial charge in [-0.25, -0.2) is 4.79 Å². The average Bonchev–Trinajstić information content (AvgIpc) is 2.26. The largest absolute Gasteiger partial charge is 0.478 e. The van der Waals surface area contributed by atoms with Crippen molar-refractivity contribution in [1.82, 2.24) is 0 Å². The van der Waals surface area contributed by atoms with Crippen molar-refractivity contribution >= 4 is 23.4 Å². The summed E-state index contributed by atoms with van der Waals surface area (Å²) in [6, 6.07) is 5.32. The van der Waals surface area contributed by atoms with Gasteiger partial charge in [0, 0.05) is 12.2 Å². The number of nitrogens with one attached hydrogen (secondary N) is 1. The molecule has 0 saturated heterocycles. The van der Waals surface area contributed by atoms with Crippen LogP contribution < -0.4 is 5.32 Å². The summed E-state index contributed by atoms with van der Waals surface area (Å²) in [5, 5.41) is 12.2. The maximum atomic E-state index is 10.9. The molecular formula is C12H17NO2S. The summed E-state index contributed by atoms with van der Waals surface area (Å²) in [5.41, 5.74) is 2.09. The Bertz CT molecular complexity index is 366. The number of benzene rings is 1. The smallest absolute Gasteiger partial charge is 0.336 e. The minimum atomic E-state index is -0.870. The summed E-state index contributed by atoms with van der Waals surface area (Å²) in [4.78, 5) is 10.9. The van der Waals surface area contributed by atoms with Crippen LogP contribution in [0.2, 0.25) is 0 Å². The van der Waals surface area contributed by atoms with Gasteiger partial charge in [0.2, 0.25) is 0 Å². The van der Waals surface area contributed by atoms with Crippen molar-refractivity contribution in [2.45, 2.75) is 13.3 Å². The zero-order valence-electron chi connectivity index (χ0n) is 9.62. The molecule has 0 atom stereocenters. The summed E-state index contributed by atoms with van der Waals surface area (Å²) < 4.78 is 0. The molecule has 1 rings (SSSR count). The molecule has 2 N–H and O–H groups in total. The first-order valence-corrected chi connectivity index (χ1v) is 6.62. The van der Waals surface area contributed by atoms with Crippen LogP contribution in [0.25, 0.3) is 0 Å². The van der Waals surface area contributed by atoms with Crippen LogP contribution in [0.1, 0.15) is 22.3 Å². The number of hydrogen-bond acceptors (Lipinski definition) is 3. The number of carboxylic acids is 1. The lowest BCUT2D eigenvalue weighted by molar-refractivity contribution is 0.0696. The number of thioether (sulfide) groups is 1. The number of anilines is 1. The molecule has 1 aromatic rings. The molecule has 0 aliphatic heterocycles. The lowest BCUT2D eigenvalue weighted by atomic mass is 10.1. The van der Waals surface area contributed by atoms with E-state index in [2.05, 4.69) is 11.6 Å². The van der Waals surface area contributed by atoms with Crippen LogP contribution in [0.4, 0.5) is 5.69 Å². The lowest BCUT2D eigenvalue weighted by Crippen LogP contribution is -2.07. The average molecular weight is 239 g/mol. The second-order valence-corrected chi connectivity index (χ2v) is 4.54. The molecule has 4 heteroatoms. The molecule has 0 bridgehead atoms. The first kappa shape index (κ1) is 12.9. The first-order valence-electron chi connectivity index (χ1n) is 5.22. The minimum absolute atomic E-state index is 0.370. The summed E-state index contributed by atoms with van der Waals surface area (Å²) >= 11 is 1.81. The Morgan fingerprint density at radius 3 is 2.88 bits per heavy atom. The summed E-state index contributed by atoms with van der Waals surface area (Å²) in [6.07, 6.45) is 3.16. The normalized spacial score (nSPS) is 10.1. The molecule has 1 aromatic carbocycles. The Morgan fingerprint density at radius 2 is 2.25 bits per heavy atom. The van der Waals surface area contributed by atoms with Gasteiger partial charge in [-0.3, -0.25) is 0 Å². The van der Waals surface area contributed by atoms with Gasteiger partial charge in [0.05, 0.1) is 5.56 Å². The number of carbonyl (C=O) groups is 1. The molecule has 0 unspecified atom stereocenters. The van der Waals surface area contributed by atoms with E-state index in [-0.39, 0.29) is 0 Å². The highest BCUT2D eigenvalue weighted by atomic mass is 32.2. The molecule has 0 radical (unpaired) electrons. The maximum Gasteiger partial charge on any atom is 0.336 e. The van der Waals surface area contributed by atoms with Gasteiger partial charge in [-0.1, -0.05) is 6.07 Å². The van der Waals surface area contributed by atoms with E-state index in [9.17, 15) is 4.79 Å². The van der Waals surface area contributed by atoms with E-state index in [0.717, 1.165) is 30.0 Å². The van der Waals surface area contributed by atoms with E-state index in [4.69, 9.17) is 5.11 Å². The third-order valence-corrected chi connectivity index (χ3v) is 3.10. The molecule has 0 heterocycles. The Labute approximate surface area is 100 Å². The van der Waals surface area contributed by atoms with E-state index in [1.54, 1.807) is 12.1 Å². The molecule has 0 fully saturated rings. The summed E-state index contributed by atoms with van der Waals surface area (Å²) in [6.45, 7) is 2.71. The second kappa shape index (κ2) is 6.43. The zero-order chi connectivity index (χ0) is 12.0. The fraction of sp³-hybridized carbons (Fsp3) is 0.417. The molecule has 0 aromatic heterocycles. The van der Waals surface area contributed by atoms with Gasteiger partial charge in [-0.15, -0.1) is 0 Å². The summed E-state index contributed by atoms with van der Waals surface area (Å²) in [7, 11) is 0. The quantitative estimate of drug-likeness (QED) is 0.749. The maximum absolute atomic E-state index is 10.9. The van der Waals surface area contributed by atoms with Gasteiger partial charge in [-0.2, -0.15) is 11.8 Å². The molecule has 0 spiro atoms. The van der Waals surface area contributed by atoms with Crippen molar-refractivity contribution in [1.29, 1.82) is 0 Å². The fourth-order valence-corrected chi connectivity index (χ4v) is 1.93. The van der Waals surface area contributed by atoms with Crippen LogP contribution >= 0.6 is 11.8 Å². The number of rotatable bonds is 6. The monoisotopic (exact) mass is 239 g/mol. The molecule has 88 valence electrons. The van der Waals surface area contributed by atoms with Crippen LogP contribution in [0, 0.1) is 6.92 Å². The number of aromatic carboxylic acids is 1. The van der Waals surface area contributed by atoms with Gasteiger partial charge < -0.3 is 10.4 Å². The van der Waals surface area contributed by atoms with Crippen molar-refractivity contribution in [3.8, 4) is 0 Å². The Kier molecular flexibility index (Phi) is 5.19. The van der Waals surface area contributed by atoms with E-state index in [1.807, 2.05) is 24.8 Å². The number of carboxylic acid groups (broad SMARTS) is 1. The lowest BCUT2D eigenvalue weighted by Gasteiger charge is -2.10. The zero-order valence-corrected chi connectivity index (χ0v) is 10.4. The van der Waals surface area contributed by atoms with Gasteiger partial charge >= 0.3 is 5.97 Å². The van der Waals surface area contributed by atoms with E-state index in [0.29, 0.717) is 5.56 Å². The molecule has 0 saturated carbocycles. The summed E-state index contributed by atoms with van der Waals surface area (Å²) in [5.74, 6) is 0.246. The molecule has 16 heavy (non-hydrogen) atoms. The predicted octanol–water partition coefficient (Wildman–Crippen LogP) is 2.86. The van der Waals surface area contributed by atoms with E-state index >= 15 is 0 Å². The highest BCUT2D eigenvalue weighted by Crippen LogP contribution is 2.18. The molecule has 3 nitrogen and oxygen atoms in total. The van der Waals surface area contributed by atoms with Gasteiger partial charge in [0.15, 0.2) is 0 Å². The van der Waals surface area contributed by atoms with Crippen molar-refractivity contribution < 1.29 is 9.90 Å². The molecule has 0 aliphatic carbocycles. The SMILES string of the molecule is CSCCCNc1cccc(C(=O)O)c1C. The Morgan fingerprint density at radius 1 is 1.50 bits per heavy atom. The van der Waals surface area contributed by atoms with E-state index < -0.39 is 5.97 Å². The van der Waals surface area contributed by atoms with Crippen molar-refractivity contribution in [3.63, 3.8) is 0 Å². The molecule has 0 amide bonds. The molecule has 0 aliphatic rings. The van der Waals surface area contributed by atoms with Crippen LogP contribution in [-0.4, -0.2) is 29.6 Å². The van der Waals surface area contributed by atoms with Crippen molar-refractivity contribution in [2.24, 2.45) is 0 Å². The van der Waals surface area contributed by atoms with Gasteiger partial charge in [0.25, 0.3) is 0 Å².